The Labute approximate surface area is 218 Å². The van der Waals surface area contributed by atoms with Gasteiger partial charge in [0.05, 0.1) is 17.7 Å². The first-order chi connectivity index (χ1) is 17.8. The zero-order valence-corrected chi connectivity index (χ0v) is 22.0. The molecule has 0 aliphatic carbocycles. The highest BCUT2D eigenvalue weighted by molar-refractivity contribution is 7.92. The molecule has 4 rings (SSSR count). The summed E-state index contributed by atoms with van der Waals surface area (Å²) in [7, 11) is -2.46. The average Bonchev–Trinajstić information content (AvgIpc) is 2.93. The van der Waals surface area contributed by atoms with Crippen molar-refractivity contribution >= 4 is 21.6 Å². The van der Waals surface area contributed by atoms with E-state index in [-0.39, 0.29) is 18.0 Å². The van der Waals surface area contributed by atoms with Gasteiger partial charge in [0, 0.05) is 6.54 Å². The van der Waals surface area contributed by atoms with Gasteiger partial charge in [0.1, 0.15) is 12.3 Å². The number of hydrogen-bond acceptors (Lipinski definition) is 4. The molecule has 0 radical (unpaired) electrons. The van der Waals surface area contributed by atoms with Crippen LogP contribution >= 0.6 is 0 Å². The van der Waals surface area contributed by atoms with Crippen LogP contribution in [-0.4, -0.2) is 28.0 Å². The molecule has 0 bridgehead atoms. The molecule has 4 aromatic rings. The fraction of sp³-hybridized carbons (Fsp3) is 0.167. The van der Waals surface area contributed by atoms with Crippen molar-refractivity contribution in [2.24, 2.45) is 0 Å². The van der Waals surface area contributed by atoms with Crippen LogP contribution < -0.4 is 14.4 Å². The lowest BCUT2D eigenvalue weighted by molar-refractivity contribution is -0.119. The number of carbonyl (C=O) groups excluding carboxylic acids is 1. The SMILES string of the molecule is COc1ccc(CNC(=O)CN(c2cccc(C)c2C)S(=O)(=O)c2cccc(-c3ccccc3)c2)cc1. The molecule has 0 aliphatic rings. The van der Waals surface area contributed by atoms with Crippen molar-refractivity contribution in [1.82, 2.24) is 5.32 Å². The number of hydrogen-bond donors (Lipinski definition) is 1. The van der Waals surface area contributed by atoms with Gasteiger partial charge in [0.2, 0.25) is 5.91 Å². The molecule has 0 saturated carbocycles. The molecule has 0 heterocycles. The zero-order chi connectivity index (χ0) is 26.4. The number of sulfonamides is 1. The van der Waals surface area contributed by atoms with E-state index in [2.05, 4.69) is 5.32 Å². The van der Waals surface area contributed by atoms with Crippen LogP contribution in [0.15, 0.2) is 102 Å². The van der Waals surface area contributed by atoms with Gasteiger partial charge in [-0.3, -0.25) is 9.10 Å². The van der Waals surface area contributed by atoms with Gasteiger partial charge in [-0.1, -0.05) is 66.7 Å². The maximum atomic E-state index is 14.0. The highest BCUT2D eigenvalue weighted by atomic mass is 32.2. The Kier molecular flexibility index (Phi) is 7.94. The van der Waals surface area contributed by atoms with E-state index in [0.29, 0.717) is 5.69 Å². The van der Waals surface area contributed by atoms with E-state index in [9.17, 15) is 13.2 Å². The minimum Gasteiger partial charge on any atom is -0.497 e. The molecule has 190 valence electrons. The van der Waals surface area contributed by atoms with Crippen LogP contribution in [0.5, 0.6) is 5.75 Å². The molecule has 0 fully saturated rings. The van der Waals surface area contributed by atoms with E-state index in [1.807, 2.05) is 80.6 Å². The number of nitrogens with one attached hydrogen (secondary N) is 1. The summed E-state index contributed by atoms with van der Waals surface area (Å²) < 4.78 is 34.4. The molecule has 1 amide bonds. The van der Waals surface area contributed by atoms with Crippen LogP contribution in [0.3, 0.4) is 0 Å². The molecule has 0 aromatic heterocycles. The van der Waals surface area contributed by atoms with E-state index in [0.717, 1.165) is 33.6 Å². The molecule has 0 spiro atoms. The molecule has 6 nitrogen and oxygen atoms in total. The minimum atomic E-state index is -4.05. The molecule has 4 aromatic carbocycles. The summed E-state index contributed by atoms with van der Waals surface area (Å²) in [4.78, 5) is 13.2. The Morgan fingerprint density at radius 1 is 0.838 bits per heavy atom. The summed E-state index contributed by atoms with van der Waals surface area (Å²) in [6.07, 6.45) is 0. The Morgan fingerprint density at radius 3 is 2.22 bits per heavy atom. The standard InChI is InChI=1S/C30H30N2O4S/c1-22-9-7-14-29(23(22)2)32(21-30(33)31-20-24-15-17-27(36-3)18-16-24)37(34,35)28-13-8-12-26(19-28)25-10-5-4-6-11-25/h4-19H,20-21H2,1-3H3,(H,31,33). The Balaban J connectivity index is 1.65. The number of carbonyl (C=O) groups is 1. The van der Waals surface area contributed by atoms with Gasteiger partial charge in [-0.25, -0.2) is 8.42 Å². The minimum absolute atomic E-state index is 0.123. The largest absolute Gasteiger partial charge is 0.497 e. The topological polar surface area (TPSA) is 75.7 Å². The van der Waals surface area contributed by atoms with Gasteiger partial charge in [-0.15, -0.1) is 0 Å². The van der Waals surface area contributed by atoms with E-state index < -0.39 is 15.9 Å². The third-order valence-electron chi connectivity index (χ3n) is 6.31. The fourth-order valence-corrected chi connectivity index (χ4v) is 5.55. The van der Waals surface area contributed by atoms with Gasteiger partial charge in [0.15, 0.2) is 0 Å². The van der Waals surface area contributed by atoms with Gasteiger partial charge < -0.3 is 10.1 Å². The number of amides is 1. The van der Waals surface area contributed by atoms with Crippen LogP contribution in [0.2, 0.25) is 0 Å². The second-order valence-corrected chi connectivity index (χ2v) is 10.6. The van der Waals surface area contributed by atoms with Gasteiger partial charge in [-0.2, -0.15) is 0 Å². The summed E-state index contributed by atoms with van der Waals surface area (Å²) in [5.41, 5.74) is 4.79. The maximum Gasteiger partial charge on any atom is 0.264 e. The molecule has 0 aliphatic heterocycles. The fourth-order valence-electron chi connectivity index (χ4n) is 4.03. The normalized spacial score (nSPS) is 11.1. The molecule has 37 heavy (non-hydrogen) atoms. The monoisotopic (exact) mass is 514 g/mol. The molecular weight excluding hydrogens is 484 g/mol. The Morgan fingerprint density at radius 2 is 1.51 bits per heavy atom. The first kappa shape index (κ1) is 26.0. The van der Waals surface area contributed by atoms with E-state index in [1.54, 1.807) is 37.4 Å². The van der Waals surface area contributed by atoms with Crippen molar-refractivity contribution in [2.75, 3.05) is 18.0 Å². The third kappa shape index (κ3) is 6.01. The van der Waals surface area contributed by atoms with Crippen molar-refractivity contribution in [3.8, 4) is 16.9 Å². The lowest BCUT2D eigenvalue weighted by Crippen LogP contribution is -2.41. The predicted molar refractivity (Wildman–Crippen MR) is 147 cm³/mol. The van der Waals surface area contributed by atoms with Crippen LogP contribution in [-0.2, 0) is 21.4 Å². The van der Waals surface area contributed by atoms with E-state index >= 15 is 0 Å². The second kappa shape index (κ2) is 11.3. The Bertz CT molecular complexity index is 1480. The zero-order valence-electron chi connectivity index (χ0n) is 21.1. The van der Waals surface area contributed by atoms with E-state index in [1.165, 1.54) is 4.31 Å². The summed E-state index contributed by atoms with van der Waals surface area (Å²) in [6, 6.07) is 29.2. The van der Waals surface area contributed by atoms with Gasteiger partial charge >= 0.3 is 0 Å². The number of nitrogens with zero attached hydrogens (tertiary/aromatic N) is 1. The van der Waals surface area contributed by atoms with Crippen molar-refractivity contribution in [1.29, 1.82) is 0 Å². The number of anilines is 1. The molecule has 0 unspecified atom stereocenters. The van der Waals surface area contributed by atoms with Crippen LogP contribution in [0.1, 0.15) is 16.7 Å². The van der Waals surface area contributed by atoms with Crippen molar-refractivity contribution in [3.05, 3.63) is 114 Å². The second-order valence-electron chi connectivity index (χ2n) is 8.75. The van der Waals surface area contributed by atoms with Gasteiger partial charge in [0.25, 0.3) is 10.0 Å². The number of ether oxygens (including phenoxy) is 1. The highest BCUT2D eigenvalue weighted by Gasteiger charge is 2.29. The number of rotatable bonds is 9. The number of aryl methyl sites for hydroxylation is 1. The van der Waals surface area contributed by atoms with Crippen molar-refractivity contribution in [3.63, 3.8) is 0 Å². The molecule has 0 atom stereocenters. The highest BCUT2D eigenvalue weighted by Crippen LogP contribution is 2.30. The predicted octanol–water partition coefficient (Wildman–Crippen LogP) is 5.49. The molecule has 1 N–H and O–H groups in total. The van der Waals surface area contributed by atoms with Crippen LogP contribution in [0.4, 0.5) is 5.69 Å². The van der Waals surface area contributed by atoms with Crippen molar-refractivity contribution < 1.29 is 17.9 Å². The first-order valence-corrected chi connectivity index (χ1v) is 13.4. The van der Waals surface area contributed by atoms with E-state index in [4.69, 9.17) is 4.74 Å². The third-order valence-corrected chi connectivity index (χ3v) is 8.07. The first-order valence-electron chi connectivity index (χ1n) is 11.9. The lowest BCUT2D eigenvalue weighted by atomic mass is 10.1. The number of benzene rings is 4. The summed E-state index contributed by atoms with van der Waals surface area (Å²) in [6.45, 7) is 3.71. The molecular formula is C30H30N2O4S. The van der Waals surface area contributed by atoms with Crippen molar-refractivity contribution in [2.45, 2.75) is 25.3 Å². The summed E-state index contributed by atoms with van der Waals surface area (Å²) in [5, 5.41) is 2.85. The van der Waals surface area contributed by atoms with Crippen LogP contribution in [0, 0.1) is 13.8 Å². The molecule has 0 saturated heterocycles. The van der Waals surface area contributed by atoms with Gasteiger partial charge in [-0.05, 0) is 72.0 Å². The maximum absolute atomic E-state index is 14.0. The smallest absolute Gasteiger partial charge is 0.264 e. The lowest BCUT2D eigenvalue weighted by Gasteiger charge is -2.26. The van der Waals surface area contributed by atoms with Crippen LogP contribution in [0.25, 0.3) is 11.1 Å². The average molecular weight is 515 g/mol. The molecule has 7 heteroatoms. The Hall–Kier alpha value is -4.10. The number of methoxy groups -OCH3 is 1. The summed E-state index contributed by atoms with van der Waals surface area (Å²) >= 11 is 0. The summed E-state index contributed by atoms with van der Waals surface area (Å²) in [5.74, 6) is 0.319. The quantitative estimate of drug-likeness (QED) is 0.320.